The number of hydrogen-bond donors (Lipinski definition) is 3. The van der Waals surface area contributed by atoms with Gasteiger partial charge in [-0.15, -0.1) is 0 Å². The monoisotopic (exact) mass is 364 g/mol. The first kappa shape index (κ1) is 14.4. The van der Waals surface area contributed by atoms with Crippen molar-refractivity contribution in [2.75, 3.05) is 39.3 Å². The van der Waals surface area contributed by atoms with Crippen LogP contribution in [0, 0.1) is 0 Å². The van der Waals surface area contributed by atoms with E-state index in [1.54, 1.807) is 0 Å². The van der Waals surface area contributed by atoms with E-state index in [1.165, 1.54) is 17.8 Å². The summed E-state index contributed by atoms with van der Waals surface area (Å²) in [7, 11) is 0. The molecule has 1 rings (SSSR count). The van der Waals surface area contributed by atoms with Gasteiger partial charge in [-0.2, -0.15) is 0 Å². The fourth-order valence-corrected chi connectivity index (χ4v) is 1.07. The second kappa shape index (κ2) is 13.4. The predicted octanol–water partition coefficient (Wildman–Crippen LogP) is 0.848. The Labute approximate surface area is 101 Å². The molecule has 1 saturated heterocycles. The molecular formula is C7H17Br2CuN3. The van der Waals surface area contributed by atoms with E-state index in [9.17, 15) is 0 Å². The van der Waals surface area contributed by atoms with Crippen LogP contribution in [0.3, 0.4) is 0 Å². The summed E-state index contributed by atoms with van der Waals surface area (Å²) in [5.41, 5.74) is 0. The van der Waals surface area contributed by atoms with Gasteiger partial charge in [-0.1, -0.05) is 0 Å². The second-order valence-corrected chi connectivity index (χ2v) is 7.40. The van der Waals surface area contributed by atoms with Crippen molar-refractivity contribution in [3.8, 4) is 0 Å². The molecule has 1 aliphatic rings. The van der Waals surface area contributed by atoms with Crippen LogP contribution in [0.5, 0.6) is 0 Å². The molecule has 85 valence electrons. The maximum atomic E-state index is 3.35. The molecule has 0 spiro atoms. The zero-order chi connectivity index (χ0) is 9.78. The van der Waals surface area contributed by atoms with Crippen LogP contribution in [0.25, 0.3) is 0 Å². The van der Waals surface area contributed by atoms with Crippen LogP contribution in [-0.2, 0) is 11.3 Å². The molecule has 3 nitrogen and oxygen atoms in total. The molecule has 0 radical (unpaired) electrons. The van der Waals surface area contributed by atoms with Crippen LogP contribution in [0.1, 0.15) is 6.42 Å². The van der Waals surface area contributed by atoms with Crippen molar-refractivity contribution in [1.82, 2.24) is 16.0 Å². The van der Waals surface area contributed by atoms with E-state index in [2.05, 4.69) is 44.2 Å². The van der Waals surface area contributed by atoms with Gasteiger partial charge in [0.2, 0.25) is 0 Å². The first-order chi connectivity index (χ1) is 6.41. The van der Waals surface area contributed by atoms with Crippen molar-refractivity contribution in [1.29, 1.82) is 0 Å². The number of nitrogens with one attached hydrogen (secondary N) is 3. The third kappa shape index (κ3) is 13.4. The topological polar surface area (TPSA) is 36.1 Å². The second-order valence-electron chi connectivity index (χ2n) is 2.65. The van der Waals surface area contributed by atoms with E-state index in [4.69, 9.17) is 0 Å². The summed E-state index contributed by atoms with van der Waals surface area (Å²) in [6.45, 7) is 6.71. The third-order valence-corrected chi connectivity index (χ3v) is 1.66. The van der Waals surface area contributed by atoms with Crippen molar-refractivity contribution in [2.24, 2.45) is 0 Å². The van der Waals surface area contributed by atoms with Gasteiger partial charge in [0.15, 0.2) is 0 Å². The molecule has 1 aliphatic heterocycles. The Morgan fingerprint density at radius 2 is 1.00 bits per heavy atom. The van der Waals surface area contributed by atoms with Crippen molar-refractivity contribution in [3.05, 3.63) is 0 Å². The molecule has 0 saturated carbocycles. The number of rotatable bonds is 0. The average Bonchev–Trinajstić information content (AvgIpc) is 2.16. The molecule has 6 heteroatoms. The van der Waals surface area contributed by atoms with Crippen LogP contribution >= 0.6 is 28.2 Å². The molecule has 0 aromatic rings. The van der Waals surface area contributed by atoms with Gasteiger partial charge in [-0.25, -0.2) is 0 Å². The number of hydrogen-bond acceptors (Lipinski definition) is 3. The van der Waals surface area contributed by atoms with E-state index < -0.39 is 0 Å². The summed E-state index contributed by atoms with van der Waals surface area (Å²) >= 11 is 7.38. The minimum atomic E-state index is 1.10. The Kier molecular flexibility index (Phi) is 14.8. The molecule has 0 unspecified atom stereocenters. The molecular weight excluding hydrogens is 349 g/mol. The van der Waals surface area contributed by atoms with Gasteiger partial charge in [-0.3, -0.25) is 0 Å². The molecule has 0 atom stereocenters. The van der Waals surface area contributed by atoms with E-state index in [0.717, 1.165) is 39.3 Å². The summed E-state index contributed by atoms with van der Waals surface area (Å²) in [6, 6.07) is 0. The van der Waals surface area contributed by atoms with E-state index >= 15 is 0 Å². The SMILES string of the molecule is C1CNCCNCCNC1.[Br][Cu][Br]. The first-order valence-corrected chi connectivity index (χ1v) is 9.00. The molecule has 1 fully saturated rings. The van der Waals surface area contributed by atoms with Crippen LogP contribution in [-0.4, -0.2) is 39.3 Å². The summed E-state index contributed by atoms with van der Waals surface area (Å²) in [5, 5.41) is 10.0. The van der Waals surface area contributed by atoms with Crippen molar-refractivity contribution in [3.63, 3.8) is 0 Å². The fourth-order valence-electron chi connectivity index (χ4n) is 1.07. The van der Waals surface area contributed by atoms with Crippen molar-refractivity contribution in [2.45, 2.75) is 6.42 Å². The summed E-state index contributed by atoms with van der Waals surface area (Å²) in [5.74, 6) is 0. The molecule has 0 aromatic heterocycles. The maximum absolute atomic E-state index is 3.35. The van der Waals surface area contributed by atoms with E-state index in [1.807, 2.05) is 0 Å². The van der Waals surface area contributed by atoms with Crippen LogP contribution in [0.2, 0.25) is 0 Å². The number of halogens is 2. The van der Waals surface area contributed by atoms with Gasteiger partial charge >= 0.3 is 39.6 Å². The summed E-state index contributed by atoms with van der Waals surface area (Å²) < 4.78 is 0. The third-order valence-electron chi connectivity index (χ3n) is 1.66. The van der Waals surface area contributed by atoms with Crippen LogP contribution in [0.4, 0.5) is 0 Å². The average molecular weight is 367 g/mol. The van der Waals surface area contributed by atoms with E-state index in [0.29, 0.717) is 0 Å². The Bertz CT molecular complexity index is 64.6. The molecule has 0 aliphatic carbocycles. The molecule has 3 N–H and O–H groups in total. The first-order valence-electron chi connectivity index (χ1n) is 4.35. The van der Waals surface area contributed by atoms with E-state index in [-0.39, 0.29) is 0 Å². The molecule has 0 amide bonds. The van der Waals surface area contributed by atoms with Gasteiger partial charge in [0.05, 0.1) is 0 Å². The molecule has 0 aromatic carbocycles. The van der Waals surface area contributed by atoms with Gasteiger partial charge in [0.25, 0.3) is 0 Å². The standard InChI is InChI=1S/C7H17N3.2BrH.Cu/c1-2-8-4-6-10-7-5-9-3-1;;;/h8-10H,1-7H2;2*1H;/q;;;+2/p-2. The fraction of sp³-hybridized carbons (Fsp3) is 1.00. The van der Waals surface area contributed by atoms with Crippen LogP contribution in [0.15, 0.2) is 0 Å². The van der Waals surface area contributed by atoms with Gasteiger partial charge in [0, 0.05) is 26.2 Å². The Hall–Kier alpha value is 1.36. The Morgan fingerprint density at radius 1 is 0.692 bits per heavy atom. The Balaban J connectivity index is 0.000000424. The molecule has 0 bridgehead atoms. The Morgan fingerprint density at radius 3 is 1.38 bits per heavy atom. The zero-order valence-corrected chi connectivity index (χ0v) is 11.6. The summed E-state index contributed by atoms with van der Waals surface area (Å²) in [4.78, 5) is 0. The van der Waals surface area contributed by atoms with Crippen molar-refractivity contribution < 1.29 is 11.3 Å². The predicted molar refractivity (Wildman–Crippen MR) is 61.1 cm³/mol. The molecule has 1 heterocycles. The normalized spacial score (nSPS) is 20.2. The van der Waals surface area contributed by atoms with Crippen molar-refractivity contribution >= 4 is 28.2 Å². The minimum absolute atomic E-state index is 1.10. The van der Waals surface area contributed by atoms with Gasteiger partial charge < -0.3 is 16.0 Å². The van der Waals surface area contributed by atoms with Gasteiger partial charge in [-0.05, 0) is 19.5 Å². The van der Waals surface area contributed by atoms with Gasteiger partial charge in [0.1, 0.15) is 0 Å². The molecule has 13 heavy (non-hydrogen) atoms. The zero-order valence-electron chi connectivity index (χ0n) is 7.51. The van der Waals surface area contributed by atoms with Crippen LogP contribution < -0.4 is 16.0 Å². The quantitative estimate of drug-likeness (QED) is 0.556. The summed E-state index contributed by atoms with van der Waals surface area (Å²) in [6.07, 6.45) is 1.25.